The minimum absolute atomic E-state index is 0.0704. The minimum Gasteiger partial charge on any atom is -0.444 e. The first kappa shape index (κ1) is 50.7. The lowest BCUT2D eigenvalue weighted by molar-refractivity contribution is -0.136. The smallest absolute Gasteiger partial charge is 0.408 e. The summed E-state index contributed by atoms with van der Waals surface area (Å²) >= 11 is 1.62. The molecule has 4 amide bonds. The summed E-state index contributed by atoms with van der Waals surface area (Å²) in [6, 6.07) is 14.1. The Hall–Kier alpha value is -5.29. The summed E-state index contributed by atoms with van der Waals surface area (Å²) in [6.45, 7) is 15.5. The van der Waals surface area contributed by atoms with Crippen LogP contribution in [0.1, 0.15) is 129 Å². The Morgan fingerprint density at radius 3 is 2.48 bits per heavy atom. The van der Waals surface area contributed by atoms with Crippen molar-refractivity contribution in [3.63, 3.8) is 0 Å². The lowest BCUT2D eigenvalue weighted by Crippen LogP contribution is -2.48. The van der Waals surface area contributed by atoms with Crippen molar-refractivity contribution >= 4 is 56.2 Å². The molecule has 1 saturated heterocycles. The first-order valence-electron chi connectivity index (χ1n) is 22.6. The molecule has 0 spiro atoms. The number of amides is 4. The van der Waals surface area contributed by atoms with Crippen LogP contribution >= 0.6 is 11.3 Å². The number of aromatic amines is 1. The van der Waals surface area contributed by atoms with E-state index >= 15 is 0 Å². The summed E-state index contributed by atoms with van der Waals surface area (Å²) in [4.78, 5) is 67.9. The molecule has 3 aliphatic rings. The molecule has 354 valence electrons. The molecule has 0 bridgehead atoms. The number of hydrogen-bond acceptors (Lipinski definition) is 10. The molecule has 3 unspecified atom stereocenters. The largest absolute Gasteiger partial charge is 0.444 e. The third-order valence-corrected chi connectivity index (χ3v) is 14.7. The molecule has 2 aromatic carbocycles. The van der Waals surface area contributed by atoms with Gasteiger partial charge in [-0.25, -0.2) is 23.0 Å². The van der Waals surface area contributed by atoms with Crippen molar-refractivity contribution in [3.8, 4) is 10.6 Å². The number of carbonyl (C=O) groups is 4. The van der Waals surface area contributed by atoms with Crippen LogP contribution in [0, 0.1) is 18.8 Å². The van der Waals surface area contributed by atoms with E-state index in [1.165, 1.54) is 35.3 Å². The van der Waals surface area contributed by atoms with Crippen molar-refractivity contribution in [1.29, 1.82) is 0 Å². The molecule has 3 fully saturated rings. The van der Waals surface area contributed by atoms with Crippen molar-refractivity contribution in [2.24, 2.45) is 17.6 Å². The van der Waals surface area contributed by atoms with Gasteiger partial charge >= 0.3 is 11.8 Å². The third-order valence-electron chi connectivity index (χ3n) is 11.6. The summed E-state index contributed by atoms with van der Waals surface area (Å²) in [6.07, 6.45) is 12.4. The number of aryl methyl sites for hydroxylation is 1. The number of H-pyrrole nitrogens is 1. The molecule has 2 saturated carbocycles. The molecule has 3 heterocycles. The lowest BCUT2D eigenvalue weighted by atomic mass is 10.1. The molecule has 17 heteroatoms. The predicted molar refractivity (Wildman–Crippen MR) is 256 cm³/mol. The monoisotopic (exact) mass is 933 g/mol. The fourth-order valence-corrected chi connectivity index (χ4v) is 9.75. The van der Waals surface area contributed by atoms with E-state index in [0.717, 1.165) is 53.0 Å². The number of ether oxygens (including phenoxy) is 1. The Balaban J connectivity index is 0.000000187. The van der Waals surface area contributed by atoms with E-state index in [1.807, 2.05) is 32.0 Å². The van der Waals surface area contributed by atoms with Gasteiger partial charge in [-0.2, -0.15) is 0 Å². The maximum Gasteiger partial charge on any atom is 0.408 e. The highest BCUT2D eigenvalue weighted by atomic mass is 32.2. The fraction of sp³-hybridized carbons (Fsp3) is 0.542. The summed E-state index contributed by atoms with van der Waals surface area (Å²) < 4.78 is 32.3. The Morgan fingerprint density at radius 2 is 1.83 bits per heavy atom. The van der Waals surface area contributed by atoms with Crippen molar-refractivity contribution in [2.75, 3.05) is 13.1 Å². The van der Waals surface area contributed by atoms with Gasteiger partial charge in [-0.1, -0.05) is 67.8 Å². The summed E-state index contributed by atoms with van der Waals surface area (Å²) in [5.74, 6) is -1.06. The van der Waals surface area contributed by atoms with Gasteiger partial charge in [-0.3, -0.25) is 23.7 Å². The van der Waals surface area contributed by atoms with Gasteiger partial charge in [-0.15, -0.1) is 11.3 Å². The standard InChI is InChI=1S/C21H21N3OS.C15H25NO3S.C12H21N3O4/c1-13(2)24-18-9-5-8-17(19(18)23-21(24)25)20-22-16(12-26-20)11-15-7-4-6-14(3)10-15;1-3-4-5-6-7-8-12-11-13(12)14(17)16-20(18,19)15(2)9-10-15;1-12(2,3)19-11(18)14-7-9(16)15-6-4-5-8(15)10(13)17/h4-10,12-13H,11H2,1-3H3,(H,23,25);7-8,12-13H,3-6,9-11H2,1-2H3,(H,16,17);8H,4-7H2,1-3H3,(H2,13,17)(H,14,18)/b;8-7-;. The highest BCUT2D eigenvalue weighted by molar-refractivity contribution is 7.91. The van der Waals surface area contributed by atoms with Crippen LogP contribution in [0.15, 0.2) is 64.8 Å². The van der Waals surface area contributed by atoms with Crippen molar-refractivity contribution in [3.05, 3.63) is 87.3 Å². The molecule has 4 aromatic rings. The van der Waals surface area contributed by atoms with E-state index in [4.69, 9.17) is 15.5 Å². The fourth-order valence-electron chi connectivity index (χ4n) is 7.60. The number of aromatic nitrogens is 3. The summed E-state index contributed by atoms with van der Waals surface area (Å²) in [5, 5.41) is 5.42. The maximum absolute atomic E-state index is 12.3. The molecule has 65 heavy (non-hydrogen) atoms. The molecule has 0 radical (unpaired) electrons. The molecule has 2 aromatic heterocycles. The number of benzene rings is 2. The molecule has 1 aliphatic heterocycles. The number of nitrogens with zero attached hydrogens (tertiary/aromatic N) is 3. The number of nitrogens with one attached hydrogen (secondary N) is 3. The average molecular weight is 934 g/mol. The van der Waals surface area contributed by atoms with Gasteiger partial charge in [0.2, 0.25) is 27.7 Å². The van der Waals surface area contributed by atoms with Crippen LogP contribution in [0.25, 0.3) is 21.6 Å². The highest BCUT2D eigenvalue weighted by Gasteiger charge is 2.52. The molecule has 2 aliphatic carbocycles. The van der Waals surface area contributed by atoms with Gasteiger partial charge in [0.25, 0.3) is 0 Å². The van der Waals surface area contributed by atoms with Crippen LogP contribution < -0.4 is 21.5 Å². The Morgan fingerprint density at radius 1 is 1.11 bits per heavy atom. The number of rotatable bonds is 15. The van der Waals surface area contributed by atoms with Gasteiger partial charge in [-0.05, 0) is 117 Å². The second-order valence-corrected chi connectivity index (χ2v) is 21.8. The van der Waals surface area contributed by atoms with E-state index in [2.05, 4.69) is 70.7 Å². The van der Waals surface area contributed by atoms with Crippen molar-refractivity contribution in [1.82, 2.24) is 29.5 Å². The number of allylic oxidation sites excluding steroid dienone is 2. The molecule has 5 N–H and O–H groups in total. The summed E-state index contributed by atoms with van der Waals surface area (Å²) in [7, 11) is -3.47. The number of carbonyl (C=O) groups excluding carboxylic acids is 4. The van der Waals surface area contributed by atoms with Gasteiger partial charge in [0.1, 0.15) is 23.2 Å². The Bertz CT molecular complexity index is 2510. The Kier molecular flexibility index (Phi) is 17.0. The van der Waals surface area contributed by atoms with Crippen LogP contribution in [0.5, 0.6) is 0 Å². The van der Waals surface area contributed by atoms with Crippen LogP contribution in [-0.2, 0) is 35.6 Å². The lowest BCUT2D eigenvalue weighted by Gasteiger charge is -2.23. The number of alkyl carbamates (subject to hydrolysis) is 1. The number of hydrogen-bond donors (Lipinski definition) is 4. The highest BCUT2D eigenvalue weighted by Crippen LogP contribution is 2.44. The molecule has 15 nitrogen and oxygen atoms in total. The zero-order valence-corrected chi connectivity index (χ0v) is 40.7. The van der Waals surface area contributed by atoms with Crippen LogP contribution in [0.2, 0.25) is 0 Å². The number of primary amides is 1. The quantitative estimate of drug-likeness (QED) is 0.0678. The van der Waals surface area contributed by atoms with Gasteiger partial charge < -0.3 is 25.7 Å². The zero-order chi connectivity index (χ0) is 47.7. The Labute approximate surface area is 387 Å². The number of imidazole rings is 1. The number of para-hydroxylation sites is 1. The van der Waals surface area contributed by atoms with Gasteiger partial charge in [0.05, 0.1) is 21.5 Å². The SMILES string of the molecule is CC(C)(C)OC(=O)NCC(=O)N1CCCC1C(N)=O.CCCCC/C=C\C1CC1C(=O)NS(=O)(=O)C1(C)CC1.Cc1cccc(Cc2csc(-c3cccc4c3[nH]c(=O)n4C(C)C)n2)c1. The number of thiazole rings is 1. The number of likely N-dealkylation sites (tertiary alicyclic amines) is 1. The molecular formula is C48H67N7O8S2. The topological polar surface area (TPSA) is 216 Å². The number of unbranched alkanes of at least 4 members (excludes halogenated alkanes) is 3. The average Bonchev–Trinajstić information content (AvgIpc) is 3.97. The molecule has 7 rings (SSSR count). The van der Waals surface area contributed by atoms with E-state index in [0.29, 0.717) is 25.8 Å². The number of sulfonamides is 1. The van der Waals surface area contributed by atoms with Crippen molar-refractivity contribution < 1.29 is 32.3 Å². The number of nitrogens with two attached hydrogens (primary N) is 1. The van der Waals surface area contributed by atoms with E-state index in [-0.39, 0.29) is 41.9 Å². The minimum atomic E-state index is -3.47. The summed E-state index contributed by atoms with van der Waals surface area (Å²) in [5.41, 5.74) is 10.9. The van der Waals surface area contributed by atoms with E-state index in [9.17, 15) is 32.4 Å². The second-order valence-electron chi connectivity index (χ2n) is 18.8. The first-order chi connectivity index (χ1) is 30.6. The van der Waals surface area contributed by atoms with E-state index in [1.54, 1.807) is 43.6 Å². The predicted octanol–water partition coefficient (Wildman–Crippen LogP) is 7.68. The van der Waals surface area contributed by atoms with Gasteiger partial charge in [0.15, 0.2) is 0 Å². The van der Waals surface area contributed by atoms with E-state index < -0.39 is 38.4 Å². The van der Waals surface area contributed by atoms with Gasteiger partial charge in [0, 0.05) is 35.9 Å². The number of fused-ring (bicyclic) bond motifs is 1. The third kappa shape index (κ3) is 14.1. The second kappa shape index (κ2) is 21.8. The van der Waals surface area contributed by atoms with Crippen LogP contribution in [-0.4, -0.2) is 81.1 Å². The van der Waals surface area contributed by atoms with Crippen LogP contribution in [0.3, 0.4) is 0 Å². The van der Waals surface area contributed by atoms with Crippen molar-refractivity contribution in [2.45, 2.75) is 142 Å². The van der Waals surface area contributed by atoms with Crippen LogP contribution in [0.4, 0.5) is 4.79 Å². The zero-order valence-electron chi connectivity index (χ0n) is 39.1. The maximum atomic E-state index is 12.3. The normalized spacial score (nSPS) is 18.7. The first-order valence-corrected chi connectivity index (χ1v) is 25.0. The molecule has 3 atom stereocenters. The molecular weight excluding hydrogens is 867 g/mol.